The summed E-state index contributed by atoms with van der Waals surface area (Å²) in [5.74, 6) is 1.48. The van der Waals surface area contributed by atoms with Crippen molar-refractivity contribution in [1.29, 1.82) is 0 Å². The SMILES string of the molecule is CCc1noc(CC)c1CNC(=NC)NCCCCC(=O)OC. The van der Waals surface area contributed by atoms with Gasteiger partial charge in [0.25, 0.3) is 0 Å². The number of hydrogen-bond donors (Lipinski definition) is 2. The molecule has 0 bridgehead atoms. The number of aryl methyl sites for hydroxylation is 2. The fraction of sp³-hybridized carbons (Fsp3) is 0.688. The highest BCUT2D eigenvalue weighted by Crippen LogP contribution is 2.15. The molecule has 1 heterocycles. The van der Waals surface area contributed by atoms with Gasteiger partial charge in [0.05, 0.1) is 12.8 Å². The molecule has 0 fully saturated rings. The van der Waals surface area contributed by atoms with Crippen LogP contribution < -0.4 is 10.6 Å². The highest BCUT2D eigenvalue weighted by atomic mass is 16.5. The molecule has 7 heteroatoms. The van der Waals surface area contributed by atoms with Crippen LogP contribution in [0.5, 0.6) is 0 Å². The van der Waals surface area contributed by atoms with Gasteiger partial charge in [0.15, 0.2) is 5.96 Å². The summed E-state index contributed by atoms with van der Waals surface area (Å²) in [5, 5.41) is 10.6. The van der Waals surface area contributed by atoms with Crippen LogP contribution in [0.15, 0.2) is 9.52 Å². The lowest BCUT2D eigenvalue weighted by Crippen LogP contribution is -2.37. The molecule has 130 valence electrons. The lowest BCUT2D eigenvalue weighted by Gasteiger charge is -2.12. The lowest BCUT2D eigenvalue weighted by atomic mass is 10.1. The minimum absolute atomic E-state index is 0.167. The van der Waals surface area contributed by atoms with Crippen LogP contribution >= 0.6 is 0 Å². The topological polar surface area (TPSA) is 88.8 Å². The highest BCUT2D eigenvalue weighted by Gasteiger charge is 2.13. The fourth-order valence-electron chi connectivity index (χ4n) is 2.23. The fourth-order valence-corrected chi connectivity index (χ4v) is 2.23. The molecule has 1 rings (SSSR count). The summed E-state index contributed by atoms with van der Waals surface area (Å²) in [4.78, 5) is 15.2. The normalized spacial score (nSPS) is 11.4. The number of aliphatic imine (C=N–C) groups is 1. The molecular formula is C16H28N4O3. The monoisotopic (exact) mass is 324 g/mol. The Bertz CT molecular complexity index is 490. The van der Waals surface area contributed by atoms with Gasteiger partial charge in [0.2, 0.25) is 0 Å². The van der Waals surface area contributed by atoms with Crippen LogP contribution in [-0.4, -0.2) is 37.8 Å². The van der Waals surface area contributed by atoms with Gasteiger partial charge in [-0.15, -0.1) is 0 Å². The van der Waals surface area contributed by atoms with E-state index < -0.39 is 0 Å². The summed E-state index contributed by atoms with van der Waals surface area (Å²) in [6.07, 6.45) is 3.79. The summed E-state index contributed by atoms with van der Waals surface area (Å²) >= 11 is 0. The molecule has 0 aliphatic heterocycles. The molecule has 2 N–H and O–H groups in total. The predicted molar refractivity (Wildman–Crippen MR) is 89.3 cm³/mol. The van der Waals surface area contributed by atoms with Crippen molar-refractivity contribution in [2.75, 3.05) is 20.7 Å². The molecule has 0 saturated carbocycles. The number of ether oxygens (including phenoxy) is 1. The molecule has 7 nitrogen and oxygen atoms in total. The summed E-state index contributed by atoms with van der Waals surface area (Å²) in [5.41, 5.74) is 2.10. The molecule has 0 spiro atoms. The Morgan fingerprint density at radius 3 is 2.65 bits per heavy atom. The minimum atomic E-state index is -0.167. The van der Waals surface area contributed by atoms with Gasteiger partial charge in [0, 0.05) is 38.5 Å². The quantitative estimate of drug-likeness (QED) is 0.312. The van der Waals surface area contributed by atoms with Gasteiger partial charge >= 0.3 is 5.97 Å². The van der Waals surface area contributed by atoms with Gasteiger partial charge in [-0.1, -0.05) is 19.0 Å². The largest absolute Gasteiger partial charge is 0.469 e. The second-order valence-corrected chi connectivity index (χ2v) is 5.12. The minimum Gasteiger partial charge on any atom is -0.469 e. The van der Waals surface area contributed by atoms with Crippen LogP contribution in [0, 0.1) is 0 Å². The molecule has 0 amide bonds. The number of rotatable bonds is 9. The van der Waals surface area contributed by atoms with E-state index >= 15 is 0 Å². The number of esters is 1. The van der Waals surface area contributed by atoms with Crippen LogP contribution in [0.3, 0.4) is 0 Å². The molecule has 0 radical (unpaired) electrons. The molecule has 1 aromatic heterocycles. The Kier molecular flexibility index (Phi) is 8.79. The maximum atomic E-state index is 11.0. The zero-order valence-electron chi connectivity index (χ0n) is 14.6. The van der Waals surface area contributed by atoms with Crippen molar-refractivity contribution in [3.05, 3.63) is 17.0 Å². The van der Waals surface area contributed by atoms with E-state index in [-0.39, 0.29) is 5.97 Å². The van der Waals surface area contributed by atoms with Crippen LogP contribution in [0.1, 0.15) is 50.1 Å². The third-order valence-corrected chi connectivity index (χ3v) is 3.59. The van der Waals surface area contributed by atoms with Crippen molar-refractivity contribution >= 4 is 11.9 Å². The van der Waals surface area contributed by atoms with Gasteiger partial charge in [-0.05, 0) is 19.3 Å². The van der Waals surface area contributed by atoms with Gasteiger partial charge in [-0.2, -0.15) is 0 Å². The van der Waals surface area contributed by atoms with Crippen molar-refractivity contribution in [3.63, 3.8) is 0 Å². The number of methoxy groups -OCH3 is 1. The first-order chi connectivity index (χ1) is 11.2. The van der Waals surface area contributed by atoms with Crippen molar-refractivity contribution in [1.82, 2.24) is 15.8 Å². The first-order valence-electron chi connectivity index (χ1n) is 8.13. The second kappa shape index (κ2) is 10.6. The van der Waals surface area contributed by atoms with Crippen LogP contribution in [-0.2, 0) is 28.9 Å². The summed E-state index contributed by atoms with van der Waals surface area (Å²) in [7, 11) is 3.14. The van der Waals surface area contributed by atoms with E-state index in [4.69, 9.17) is 4.52 Å². The second-order valence-electron chi connectivity index (χ2n) is 5.12. The van der Waals surface area contributed by atoms with E-state index in [0.29, 0.717) is 13.0 Å². The highest BCUT2D eigenvalue weighted by molar-refractivity contribution is 5.79. The zero-order chi connectivity index (χ0) is 17.1. The number of nitrogens with zero attached hydrogens (tertiary/aromatic N) is 2. The predicted octanol–water partition coefficient (Wildman–Crippen LogP) is 1.81. The molecule has 0 unspecified atom stereocenters. The van der Waals surface area contributed by atoms with E-state index in [9.17, 15) is 4.79 Å². The molecule has 0 aliphatic carbocycles. The number of nitrogens with one attached hydrogen (secondary N) is 2. The maximum absolute atomic E-state index is 11.0. The number of hydrogen-bond acceptors (Lipinski definition) is 5. The van der Waals surface area contributed by atoms with Gasteiger partial charge in [-0.3, -0.25) is 9.79 Å². The average Bonchev–Trinajstić information content (AvgIpc) is 2.98. The number of carbonyl (C=O) groups excluding carboxylic acids is 1. The molecule has 0 aromatic carbocycles. The van der Waals surface area contributed by atoms with E-state index in [0.717, 1.165) is 55.2 Å². The molecule has 23 heavy (non-hydrogen) atoms. The van der Waals surface area contributed by atoms with E-state index in [2.05, 4.69) is 39.4 Å². The molecular weight excluding hydrogens is 296 g/mol. The first-order valence-corrected chi connectivity index (χ1v) is 8.13. The third-order valence-electron chi connectivity index (χ3n) is 3.59. The standard InChI is InChI=1S/C16H28N4O3/c1-5-13-12(14(6-2)23-20-13)11-19-16(17-3)18-10-8-7-9-15(21)22-4/h5-11H2,1-4H3,(H2,17,18,19). The summed E-state index contributed by atoms with van der Waals surface area (Å²) in [6, 6.07) is 0. The van der Waals surface area contributed by atoms with E-state index in [1.807, 2.05) is 0 Å². The van der Waals surface area contributed by atoms with Crippen molar-refractivity contribution in [2.24, 2.45) is 4.99 Å². The number of unbranched alkanes of at least 4 members (excludes halogenated alkanes) is 1. The zero-order valence-corrected chi connectivity index (χ0v) is 14.6. The van der Waals surface area contributed by atoms with E-state index in [1.54, 1.807) is 7.05 Å². The third kappa shape index (κ3) is 6.30. The van der Waals surface area contributed by atoms with Crippen LogP contribution in [0.4, 0.5) is 0 Å². The molecule has 1 aromatic rings. The maximum Gasteiger partial charge on any atom is 0.305 e. The van der Waals surface area contributed by atoms with Crippen LogP contribution in [0.2, 0.25) is 0 Å². The van der Waals surface area contributed by atoms with Crippen molar-refractivity contribution in [3.8, 4) is 0 Å². The Morgan fingerprint density at radius 1 is 1.26 bits per heavy atom. The average molecular weight is 324 g/mol. The smallest absolute Gasteiger partial charge is 0.305 e. The van der Waals surface area contributed by atoms with Crippen molar-refractivity contribution in [2.45, 2.75) is 52.5 Å². The molecule has 0 saturated heterocycles. The van der Waals surface area contributed by atoms with Gasteiger partial charge in [-0.25, -0.2) is 0 Å². The Labute approximate surface area is 137 Å². The number of aromatic nitrogens is 1. The number of guanidine groups is 1. The van der Waals surface area contributed by atoms with Gasteiger partial charge < -0.3 is 19.9 Å². The Hall–Kier alpha value is -2.05. The van der Waals surface area contributed by atoms with Crippen molar-refractivity contribution < 1.29 is 14.1 Å². The summed E-state index contributed by atoms with van der Waals surface area (Å²) in [6.45, 7) is 5.51. The first kappa shape index (κ1) is 19.0. The van der Waals surface area contributed by atoms with Gasteiger partial charge in [0.1, 0.15) is 5.76 Å². The Morgan fingerprint density at radius 2 is 2.04 bits per heavy atom. The Balaban J connectivity index is 2.37. The van der Waals surface area contributed by atoms with E-state index in [1.165, 1.54) is 7.11 Å². The molecule has 0 aliphatic rings. The molecule has 0 atom stereocenters. The lowest BCUT2D eigenvalue weighted by molar-refractivity contribution is -0.140. The number of carbonyl (C=O) groups is 1. The summed E-state index contributed by atoms with van der Waals surface area (Å²) < 4.78 is 9.97. The van der Waals surface area contributed by atoms with Crippen LogP contribution in [0.25, 0.3) is 0 Å².